The summed E-state index contributed by atoms with van der Waals surface area (Å²) in [6, 6.07) is 5.13. The molecule has 102 valence electrons. The minimum absolute atomic E-state index is 0.0215. The van der Waals surface area contributed by atoms with Crippen molar-refractivity contribution < 1.29 is 24.1 Å². The molecule has 0 bridgehead atoms. The average Bonchev–Trinajstić information content (AvgIpc) is 2.92. The lowest BCUT2D eigenvalue weighted by Crippen LogP contribution is -2.08. The summed E-state index contributed by atoms with van der Waals surface area (Å²) in [5, 5.41) is 9.02. The predicted octanol–water partition coefficient (Wildman–Crippen LogP) is 1.48. The summed E-state index contributed by atoms with van der Waals surface area (Å²) in [7, 11) is 0. The van der Waals surface area contributed by atoms with Crippen LogP contribution in [0.25, 0.3) is 0 Å². The molecule has 0 aliphatic carbocycles. The number of nitrogens with zero attached hydrogens (tertiary/aromatic N) is 2. The maximum Gasteiger partial charge on any atom is 0.339 e. The predicted molar refractivity (Wildman–Crippen MR) is 65.9 cm³/mol. The van der Waals surface area contributed by atoms with Gasteiger partial charge in [0.2, 0.25) is 6.79 Å². The van der Waals surface area contributed by atoms with Crippen molar-refractivity contribution in [2.24, 2.45) is 0 Å². The van der Waals surface area contributed by atoms with E-state index < -0.39 is 5.97 Å². The summed E-state index contributed by atoms with van der Waals surface area (Å²) in [4.78, 5) is 18.6. The molecule has 20 heavy (non-hydrogen) atoms. The first-order valence-corrected chi connectivity index (χ1v) is 5.78. The van der Waals surface area contributed by atoms with E-state index in [4.69, 9.17) is 19.3 Å². The van der Waals surface area contributed by atoms with Crippen LogP contribution in [0.15, 0.2) is 30.7 Å². The molecular formula is C13H10N2O5. The van der Waals surface area contributed by atoms with Gasteiger partial charge in [0.25, 0.3) is 0 Å². The van der Waals surface area contributed by atoms with Gasteiger partial charge in [0.1, 0.15) is 24.2 Å². The van der Waals surface area contributed by atoms with Gasteiger partial charge in [0, 0.05) is 12.3 Å². The van der Waals surface area contributed by atoms with E-state index in [1.165, 1.54) is 12.5 Å². The van der Waals surface area contributed by atoms with E-state index in [0.717, 1.165) is 0 Å². The van der Waals surface area contributed by atoms with Gasteiger partial charge in [-0.15, -0.1) is 0 Å². The van der Waals surface area contributed by atoms with Crippen molar-refractivity contribution in [1.82, 2.24) is 9.97 Å². The van der Waals surface area contributed by atoms with Crippen LogP contribution in [0.5, 0.6) is 17.2 Å². The number of hydrogen-bond donors (Lipinski definition) is 1. The molecular weight excluding hydrogens is 264 g/mol. The second-order valence-corrected chi connectivity index (χ2v) is 3.99. The van der Waals surface area contributed by atoms with Gasteiger partial charge in [-0.25, -0.2) is 14.8 Å². The molecule has 0 fully saturated rings. The summed E-state index contributed by atoms with van der Waals surface area (Å²) in [5.41, 5.74) is 0.332. The van der Waals surface area contributed by atoms with Crippen LogP contribution in [-0.4, -0.2) is 27.8 Å². The van der Waals surface area contributed by atoms with Gasteiger partial charge in [0.05, 0.1) is 5.69 Å². The number of ether oxygens (including phenoxy) is 3. The van der Waals surface area contributed by atoms with Gasteiger partial charge in [-0.05, 0) is 12.1 Å². The number of rotatable bonds is 4. The Morgan fingerprint density at radius 2 is 2.20 bits per heavy atom. The van der Waals surface area contributed by atoms with Crippen molar-refractivity contribution in [2.75, 3.05) is 6.79 Å². The van der Waals surface area contributed by atoms with Crippen LogP contribution in [0.2, 0.25) is 0 Å². The molecule has 1 aromatic carbocycles. The molecule has 0 radical (unpaired) electrons. The van der Waals surface area contributed by atoms with Crippen LogP contribution >= 0.6 is 0 Å². The highest BCUT2D eigenvalue weighted by Gasteiger charge is 2.15. The van der Waals surface area contributed by atoms with Crippen LogP contribution < -0.4 is 14.2 Å². The number of hydrogen-bond acceptors (Lipinski definition) is 6. The van der Waals surface area contributed by atoms with Gasteiger partial charge in [-0.1, -0.05) is 0 Å². The number of carboxylic acid groups (broad SMARTS) is 1. The van der Waals surface area contributed by atoms with Gasteiger partial charge < -0.3 is 19.3 Å². The summed E-state index contributed by atoms with van der Waals surface area (Å²) in [6.45, 7) is 0.220. The van der Waals surface area contributed by atoms with Gasteiger partial charge >= 0.3 is 5.97 Å². The second-order valence-electron chi connectivity index (χ2n) is 3.99. The zero-order chi connectivity index (χ0) is 13.9. The van der Waals surface area contributed by atoms with Crippen molar-refractivity contribution in [3.8, 4) is 17.2 Å². The molecule has 1 aliphatic heterocycles. The summed E-state index contributed by atoms with van der Waals surface area (Å²) < 4.78 is 15.9. The number of fused-ring (bicyclic) bond motifs is 1. The Bertz CT molecular complexity index is 659. The van der Waals surface area contributed by atoms with Crippen molar-refractivity contribution in [3.05, 3.63) is 42.0 Å². The van der Waals surface area contributed by atoms with E-state index in [-0.39, 0.29) is 19.0 Å². The van der Waals surface area contributed by atoms with E-state index in [1.807, 2.05) is 0 Å². The minimum Gasteiger partial charge on any atom is -0.487 e. The fourth-order valence-corrected chi connectivity index (χ4v) is 1.77. The first-order valence-electron chi connectivity index (χ1n) is 5.78. The zero-order valence-corrected chi connectivity index (χ0v) is 10.3. The molecule has 2 heterocycles. The lowest BCUT2D eigenvalue weighted by molar-refractivity contribution is 0.0692. The Labute approximate surface area is 113 Å². The Balaban J connectivity index is 1.75. The van der Waals surface area contributed by atoms with Crippen LogP contribution in [-0.2, 0) is 6.61 Å². The summed E-state index contributed by atoms with van der Waals surface area (Å²) >= 11 is 0. The first-order chi connectivity index (χ1) is 9.74. The van der Waals surface area contributed by atoms with Gasteiger partial charge in [-0.3, -0.25) is 0 Å². The van der Waals surface area contributed by atoms with Gasteiger partial charge in [0.15, 0.2) is 11.5 Å². The van der Waals surface area contributed by atoms with E-state index in [2.05, 4.69) is 9.97 Å². The Kier molecular flexibility index (Phi) is 3.08. The van der Waals surface area contributed by atoms with Crippen molar-refractivity contribution in [1.29, 1.82) is 0 Å². The molecule has 1 aliphatic rings. The molecule has 0 saturated carbocycles. The smallest absolute Gasteiger partial charge is 0.339 e. The molecule has 0 saturated heterocycles. The van der Waals surface area contributed by atoms with Crippen LogP contribution in [0.4, 0.5) is 0 Å². The Morgan fingerprint density at radius 3 is 3.05 bits per heavy atom. The Morgan fingerprint density at radius 1 is 1.35 bits per heavy atom. The van der Waals surface area contributed by atoms with Crippen LogP contribution in [0, 0.1) is 0 Å². The van der Waals surface area contributed by atoms with Crippen LogP contribution in [0.1, 0.15) is 16.1 Å². The van der Waals surface area contributed by atoms with E-state index in [9.17, 15) is 4.79 Å². The van der Waals surface area contributed by atoms with Gasteiger partial charge in [-0.2, -0.15) is 0 Å². The standard InChI is InChI=1S/C13H10N2O5/c16-13(17)9-4-14-6-15-10(9)5-18-8-1-2-11-12(3-8)20-7-19-11/h1-4,6H,5,7H2,(H,16,17). The molecule has 1 aromatic heterocycles. The molecule has 0 unspecified atom stereocenters. The molecule has 7 heteroatoms. The topological polar surface area (TPSA) is 90.8 Å². The molecule has 0 atom stereocenters. The number of aromatic carboxylic acids is 1. The summed E-state index contributed by atoms with van der Waals surface area (Å²) in [6.07, 6.45) is 2.53. The highest BCUT2D eigenvalue weighted by Crippen LogP contribution is 2.35. The fourth-order valence-electron chi connectivity index (χ4n) is 1.77. The lowest BCUT2D eigenvalue weighted by atomic mass is 10.2. The fraction of sp³-hybridized carbons (Fsp3) is 0.154. The van der Waals surface area contributed by atoms with E-state index >= 15 is 0 Å². The molecule has 1 N–H and O–H groups in total. The van der Waals surface area contributed by atoms with Crippen molar-refractivity contribution in [2.45, 2.75) is 6.61 Å². The maximum atomic E-state index is 11.0. The maximum absolute atomic E-state index is 11.0. The molecule has 0 amide bonds. The largest absolute Gasteiger partial charge is 0.487 e. The highest BCUT2D eigenvalue weighted by atomic mass is 16.7. The minimum atomic E-state index is -1.09. The number of carbonyl (C=O) groups is 1. The quantitative estimate of drug-likeness (QED) is 0.902. The Hall–Kier alpha value is -2.83. The first kappa shape index (κ1) is 12.2. The van der Waals surface area contributed by atoms with Crippen molar-refractivity contribution in [3.63, 3.8) is 0 Å². The van der Waals surface area contributed by atoms with E-state index in [0.29, 0.717) is 22.9 Å². The number of carboxylic acids is 1. The molecule has 0 spiro atoms. The molecule has 3 rings (SSSR count). The van der Waals surface area contributed by atoms with Crippen molar-refractivity contribution >= 4 is 5.97 Å². The third kappa shape index (κ3) is 2.33. The summed E-state index contributed by atoms with van der Waals surface area (Å²) in [5.74, 6) is 0.716. The third-order valence-electron chi connectivity index (χ3n) is 2.74. The SMILES string of the molecule is O=C(O)c1cncnc1COc1ccc2c(c1)OCO2. The van der Waals surface area contributed by atoms with Crippen LogP contribution in [0.3, 0.4) is 0 Å². The lowest BCUT2D eigenvalue weighted by Gasteiger charge is -2.08. The highest BCUT2D eigenvalue weighted by molar-refractivity contribution is 5.88. The normalized spacial score (nSPS) is 12.2. The van der Waals surface area contributed by atoms with E-state index in [1.54, 1.807) is 18.2 Å². The monoisotopic (exact) mass is 274 g/mol. The molecule has 2 aromatic rings. The third-order valence-corrected chi connectivity index (χ3v) is 2.74. The second kappa shape index (κ2) is 5.04. The average molecular weight is 274 g/mol. The number of aromatic nitrogens is 2. The zero-order valence-electron chi connectivity index (χ0n) is 10.3. The molecule has 7 nitrogen and oxygen atoms in total. The number of benzene rings is 1.